The highest BCUT2D eigenvalue weighted by Crippen LogP contribution is 2.30. The van der Waals surface area contributed by atoms with E-state index in [2.05, 4.69) is 46.5 Å². The topological polar surface area (TPSA) is 41.1 Å². The van der Waals surface area contributed by atoms with Crippen LogP contribution in [0.3, 0.4) is 0 Å². The van der Waals surface area contributed by atoms with Gasteiger partial charge in [-0.3, -0.25) is 4.79 Å². The first kappa shape index (κ1) is 14.5. The Bertz CT molecular complexity index is 470. The molecule has 0 bridgehead atoms. The number of aryl methyl sites for hydroxylation is 2. The Labute approximate surface area is 123 Å². The number of halogens is 1. The van der Waals surface area contributed by atoms with E-state index in [0.717, 1.165) is 41.5 Å². The molecule has 1 aromatic carbocycles. The van der Waals surface area contributed by atoms with Gasteiger partial charge in [0.25, 0.3) is 0 Å². The number of rotatable bonds is 3. The molecule has 1 aromatic rings. The highest BCUT2D eigenvalue weighted by Gasteiger charge is 2.39. The summed E-state index contributed by atoms with van der Waals surface area (Å²) in [7, 11) is 0. The van der Waals surface area contributed by atoms with E-state index >= 15 is 0 Å². The molecule has 104 valence electrons. The Balaban J connectivity index is 2.24. The van der Waals surface area contributed by atoms with Crippen LogP contribution in [0, 0.1) is 13.8 Å². The van der Waals surface area contributed by atoms with Crippen molar-refractivity contribution in [2.24, 2.45) is 0 Å². The summed E-state index contributed by atoms with van der Waals surface area (Å²) in [6, 6.07) is 4.12. The first-order chi connectivity index (χ1) is 8.98. The van der Waals surface area contributed by atoms with Gasteiger partial charge in [-0.1, -0.05) is 13.0 Å². The number of benzene rings is 1. The van der Waals surface area contributed by atoms with Gasteiger partial charge in [0, 0.05) is 4.47 Å². The van der Waals surface area contributed by atoms with Gasteiger partial charge in [0.05, 0.1) is 11.2 Å². The summed E-state index contributed by atoms with van der Waals surface area (Å²) >= 11 is 3.54. The summed E-state index contributed by atoms with van der Waals surface area (Å²) in [5.41, 5.74) is 2.77. The van der Waals surface area contributed by atoms with Crippen molar-refractivity contribution in [1.82, 2.24) is 5.32 Å². The molecule has 0 spiro atoms. The maximum absolute atomic E-state index is 12.6. The van der Waals surface area contributed by atoms with Gasteiger partial charge in [-0.15, -0.1) is 0 Å². The molecule has 1 aliphatic heterocycles. The fourth-order valence-electron chi connectivity index (χ4n) is 2.77. The lowest BCUT2D eigenvalue weighted by atomic mass is 9.93. The van der Waals surface area contributed by atoms with Crippen molar-refractivity contribution < 1.29 is 4.79 Å². The summed E-state index contributed by atoms with van der Waals surface area (Å²) in [6.07, 6.45) is 2.80. The quantitative estimate of drug-likeness (QED) is 0.892. The lowest BCUT2D eigenvalue weighted by Crippen LogP contribution is -2.50. The van der Waals surface area contributed by atoms with Gasteiger partial charge in [-0.2, -0.15) is 0 Å². The van der Waals surface area contributed by atoms with Crippen LogP contribution in [0.1, 0.15) is 37.3 Å². The van der Waals surface area contributed by atoms with Crippen LogP contribution in [0.15, 0.2) is 16.6 Å². The average molecular weight is 325 g/mol. The van der Waals surface area contributed by atoms with E-state index in [1.54, 1.807) is 0 Å². The number of nitrogens with one attached hydrogen (secondary N) is 2. The van der Waals surface area contributed by atoms with Crippen LogP contribution in [0.5, 0.6) is 0 Å². The standard InChI is InChI=1S/C15H21BrN2O/c1-4-15(6-5-7-17-15)14(19)18-13-11(3)8-10(2)9-12(13)16/h8-9,17H,4-7H2,1-3H3,(H,18,19). The molecule has 1 unspecified atom stereocenters. The third kappa shape index (κ3) is 2.84. The summed E-state index contributed by atoms with van der Waals surface area (Å²) < 4.78 is 0.947. The molecule has 1 aliphatic rings. The van der Waals surface area contributed by atoms with Crippen LogP contribution in [-0.4, -0.2) is 18.0 Å². The molecule has 1 fully saturated rings. The number of amides is 1. The van der Waals surface area contributed by atoms with Crippen LogP contribution >= 0.6 is 15.9 Å². The Hall–Kier alpha value is -0.870. The van der Waals surface area contributed by atoms with Gasteiger partial charge in [-0.25, -0.2) is 0 Å². The first-order valence-corrected chi connectivity index (χ1v) is 7.61. The molecule has 4 heteroatoms. The first-order valence-electron chi connectivity index (χ1n) is 6.82. The van der Waals surface area contributed by atoms with Crippen molar-refractivity contribution in [2.75, 3.05) is 11.9 Å². The Morgan fingerprint density at radius 1 is 1.47 bits per heavy atom. The molecule has 1 amide bonds. The number of carbonyl (C=O) groups is 1. The molecule has 1 saturated heterocycles. The molecule has 19 heavy (non-hydrogen) atoms. The van der Waals surface area contributed by atoms with Crippen LogP contribution in [0.25, 0.3) is 0 Å². The zero-order chi connectivity index (χ0) is 14.0. The highest BCUT2D eigenvalue weighted by molar-refractivity contribution is 9.10. The third-order valence-corrected chi connectivity index (χ3v) is 4.58. The Morgan fingerprint density at radius 2 is 2.21 bits per heavy atom. The summed E-state index contributed by atoms with van der Waals surface area (Å²) in [5.74, 6) is 0.0835. The Kier molecular flexibility index (Phi) is 4.31. The smallest absolute Gasteiger partial charge is 0.244 e. The van der Waals surface area contributed by atoms with E-state index in [-0.39, 0.29) is 5.91 Å². The van der Waals surface area contributed by atoms with E-state index in [0.29, 0.717) is 0 Å². The minimum atomic E-state index is -0.392. The highest BCUT2D eigenvalue weighted by atomic mass is 79.9. The SMILES string of the molecule is CCC1(C(=O)Nc2c(C)cc(C)cc2Br)CCCN1. The molecule has 0 saturated carbocycles. The van der Waals surface area contributed by atoms with Crippen molar-refractivity contribution in [3.05, 3.63) is 27.7 Å². The molecule has 0 radical (unpaired) electrons. The van der Waals surface area contributed by atoms with Crippen molar-refractivity contribution in [3.8, 4) is 0 Å². The van der Waals surface area contributed by atoms with Gasteiger partial charge in [0.1, 0.15) is 0 Å². The number of anilines is 1. The Morgan fingerprint density at radius 3 is 2.74 bits per heavy atom. The fourth-order valence-corrected chi connectivity index (χ4v) is 3.54. The van der Waals surface area contributed by atoms with E-state index in [1.807, 2.05) is 13.0 Å². The van der Waals surface area contributed by atoms with E-state index in [1.165, 1.54) is 5.56 Å². The molecule has 0 aliphatic carbocycles. The van der Waals surface area contributed by atoms with Gasteiger partial charge >= 0.3 is 0 Å². The van der Waals surface area contributed by atoms with Crippen molar-refractivity contribution >= 4 is 27.5 Å². The monoisotopic (exact) mass is 324 g/mol. The molecule has 0 aromatic heterocycles. The van der Waals surface area contributed by atoms with Crippen molar-refractivity contribution in [1.29, 1.82) is 0 Å². The second-order valence-electron chi connectivity index (χ2n) is 5.36. The van der Waals surface area contributed by atoms with Gasteiger partial charge in [0.2, 0.25) is 5.91 Å². The lowest BCUT2D eigenvalue weighted by Gasteiger charge is -2.27. The van der Waals surface area contributed by atoms with Gasteiger partial charge in [-0.05, 0) is 72.8 Å². The molecule has 1 atom stereocenters. The number of hydrogen-bond acceptors (Lipinski definition) is 2. The van der Waals surface area contributed by atoms with Crippen LogP contribution in [-0.2, 0) is 4.79 Å². The van der Waals surface area contributed by atoms with Crippen LogP contribution < -0.4 is 10.6 Å². The third-order valence-electron chi connectivity index (χ3n) is 3.95. The summed E-state index contributed by atoms with van der Waals surface area (Å²) in [6.45, 7) is 7.06. The minimum Gasteiger partial charge on any atom is -0.323 e. The lowest BCUT2D eigenvalue weighted by molar-refractivity contribution is -0.122. The molecular formula is C15H21BrN2O. The van der Waals surface area contributed by atoms with E-state index in [4.69, 9.17) is 0 Å². The predicted octanol–water partition coefficient (Wildman–Crippen LogP) is 3.54. The summed E-state index contributed by atoms with van der Waals surface area (Å²) in [5, 5.41) is 6.45. The second kappa shape index (κ2) is 5.63. The zero-order valence-electron chi connectivity index (χ0n) is 11.8. The normalized spacial score (nSPS) is 22.5. The molecular weight excluding hydrogens is 304 g/mol. The van der Waals surface area contributed by atoms with E-state index in [9.17, 15) is 4.79 Å². The summed E-state index contributed by atoms with van der Waals surface area (Å²) in [4.78, 5) is 12.6. The van der Waals surface area contributed by atoms with Gasteiger partial charge in [0.15, 0.2) is 0 Å². The second-order valence-corrected chi connectivity index (χ2v) is 6.21. The molecule has 2 N–H and O–H groups in total. The van der Waals surface area contributed by atoms with Crippen molar-refractivity contribution in [2.45, 2.75) is 45.6 Å². The molecule has 2 rings (SSSR count). The largest absolute Gasteiger partial charge is 0.323 e. The fraction of sp³-hybridized carbons (Fsp3) is 0.533. The average Bonchev–Trinajstić information content (AvgIpc) is 2.83. The minimum absolute atomic E-state index is 0.0835. The number of hydrogen-bond donors (Lipinski definition) is 2. The van der Waals surface area contributed by atoms with Crippen molar-refractivity contribution in [3.63, 3.8) is 0 Å². The molecule has 3 nitrogen and oxygen atoms in total. The maximum atomic E-state index is 12.6. The maximum Gasteiger partial charge on any atom is 0.244 e. The zero-order valence-corrected chi connectivity index (χ0v) is 13.4. The molecule has 1 heterocycles. The van der Waals surface area contributed by atoms with Crippen LogP contribution in [0.2, 0.25) is 0 Å². The van der Waals surface area contributed by atoms with Gasteiger partial charge < -0.3 is 10.6 Å². The predicted molar refractivity (Wildman–Crippen MR) is 82.5 cm³/mol. The van der Waals surface area contributed by atoms with E-state index < -0.39 is 5.54 Å². The van der Waals surface area contributed by atoms with Crippen LogP contribution in [0.4, 0.5) is 5.69 Å². The number of carbonyl (C=O) groups excluding carboxylic acids is 1.